The summed E-state index contributed by atoms with van der Waals surface area (Å²) in [6.07, 6.45) is 0.706. The third-order valence-electron chi connectivity index (χ3n) is 3.93. The summed E-state index contributed by atoms with van der Waals surface area (Å²) in [4.78, 5) is 29.3. The van der Waals surface area contributed by atoms with Crippen molar-refractivity contribution in [3.8, 4) is 0 Å². The van der Waals surface area contributed by atoms with Crippen molar-refractivity contribution in [3.63, 3.8) is 0 Å². The van der Waals surface area contributed by atoms with E-state index in [0.29, 0.717) is 23.1 Å². The zero-order valence-electron chi connectivity index (χ0n) is 15.5. The van der Waals surface area contributed by atoms with Gasteiger partial charge < -0.3 is 10.3 Å². The fraction of sp³-hybridized carbons (Fsp3) is 0.278. The number of amides is 2. The number of hydrogen-bond acceptors (Lipinski definition) is 7. The zero-order valence-corrected chi connectivity index (χ0v) is 17.2. The Morgan fingerprint density at radius 2 is 2.00 bits per heavy atom. The molecular formula is C18H20N6O2S2. The van der Waals surface area contributed by atoms with Crippen molar-refractivity contribution in [1.82, 2.24) is 19.7 Å². The van der Waals surface area contributed by atoms with Crippen LogP contribution in [0.2, 0.25) is 0 Å². The van der Waals surface area contributed by atoms with Crippen LogP contribution in [0.15, 0.2) is 40.9 Å². The van der Waals surface area contributed by atoms with Crippen LogP contribution in [-0.2, 0) is 28.8 Å². The van der Waals surface area contributed by atoms with Gasteiger partial charge in [0, 0.05) is 37.9 Å². The Bertz CT molecular complexity index is 970. The summed E-state index contributed by atoms with van der Waals surface area (Å²) in [5, 5.41) is 11.6. The first-order chi connectivity index (χ1) is 13.5. The molecule has 0 aliphatic carbocycles. The van der Waals surface area contributed by atoms with Gasteiger partial charge in [0.1, 0.15) is 5.82 Å². The van der Waals surface area contributed by atoms with Gasteiger partial charge in [0.25, 0.3) is 0 Å². The molecule has 0 aliphatic heterocycles. The molecule has 10 heteroatoms. The van der Waals surface area contributed by atoms with Crippen LogP contribution in [0, 0.1) is 0 Å². The highest BCUT2D eigenvalue weighted by molar-refractivity contribution is 7.98. The molecule has 0 aliphatic rings. The van der Waals surface area contributed by atoms with E-state index in [-0.39, 0.29) is 18.2 Å². The van der Waals surface area contributed by atoms with Gasteiger partial charge in [-0.2, -0.15) is 0 Å². The van der Waals surface area contributed by atoms with Crippen molar-refractivity contribution in [1.29, 1.82) is 0 Å². The van der Waals surface area contributed by atoms with E-state index in [1.54, 1.807) is 4.90 Å². The molecule has 8 nitrogen and oxygen atoms in total. The molecule has 0 saturated carbocycles. The number of carbonyl (C=O) groups is 2. The predicted molar refractivity (Wildman–Crippen MR) is 109 cm³/mol. The van der Waals surface area contributed by atoms with Gasteiger partial charge in [0.05, 0.1) is 11.4 Å². The first kappa shape index (κ1) is 20.0. The molecule has 2 amide bonds. The Morgan fingerprint density at radius 1 is 1.25 bits per heavy atom. The number of benzene rings is 1. The molecule has 146 valence electrons. The predicted octanol–water partition coefficient (Wildman–Crippen LogP) is 2.67. The van der Waals surface area contributed by atoms with Gasteiger partial charge >= 0.3 is 0 Å². The maximum atomic E-state index is 12.1. The van der Waals surface area contributed by atoms with Crippen LogP contribution in [0.5, 0.6) is 0 Å². The highest BCUT2D eigenvalue weighted by Crippen LogP contribution is 2.30. The first-order valence-corrected chi connectivity index (χ1v) is 10.4. The van der Waals surface area contributed by atoms with Crippen LogP contribution in [0.25, 0.3) is 0 Å². The van der Waals surface area contributed by atoms with Gasteiger partial charge in [-0.15, -0.1) is 21.5 Å². The van der Waals surface area contributed by atoms with Gasteiger partial charge in [0.15, 0.2) is 10.3 Å². The quantitative estimate of drug-likeness (QED) is 0.566. The minimum Gasteiger partial charge on any atom is -0.370 e. The molecule has 2 heterocycles. The largest absolute Gasteiger partial charge is 0.370 e. The second-order valence-corrected chi connectivity index (χ2v) is 7.80. The molecule has 2 N–H and O–H groups in total. The number of carbonyl (C=O) groups excluding carboxylic acids is 2. The van der Waals surface area contributed by atoms with Crippen LogP contribution in [0.3, 0.4) is 0 Å². The molecule has 3 aromatic rings. The molecule has 0 unspecified atom stereocenters. The molecule has 1 aromatic carbocycles. The van der Waals surface area contributed by atoms with Gasteiger partial charge in [-0.3, -0.25) is 14.5 Å². The number of thioether (sulfide) groups is 1. The van der Waals surface area contributed by atoms with Crippen molar-refractivity contribution in [3.05, 3.63) is 47.2 Å². The van der Waals surface area contributed by atoms with Crippen molar-refractivity contribution in [2.45, 2.75) is 30.7 Å². The Labute approximate surface area is 170 Å². The van der Waals surface area contributed by atoms with Crippen LogP contribution < -0.4 is 10.6 Å². The molecular weight excluding hydrogens is 396 g/mol. The fourth-order valence-electron chi connectivity index (χ4n) is 2.53. The molecule has 0 fully saturated rings. The minimum absolute atomic E-state index is 0.0906. The zero-order chi connectivity index (χ0) is 20.1. The van der Waals surface area contributed by atoms with E-state index in [0.717, 1.165) is 16.5 Å². The van der Waals surface area contributed by atoms with Crippen LogP contribution in [-0.4, -0.2) is 31.6 Å². The van der Waals surface area contributed by atoms with E-state index in [4.69, 9.17) is 5.73 Å². The van der Waals surface area contributed by atoms with Crippen LogP contribution in [0.4, 0.5) is 10.8 Å². The third kappa shape index (κ3) is 4.76. The third-order valence-corrected chi connectivity index (χ3v) is 5.86. The number of thiazole rings is 1. The monoisotopic (exact) mass is 416 g/mol. The molecule has 0 spiro atoms. The normalized spacial score (nSPS) is 10.8. The summed E-state index contributed by atoms with van der Waals surface area (Å²) < 4.78 is 1.85. The van der Waals surface area contributed by atoms with Crippen molar-refractivity contribution < 1.29 is 9.59 Å². The van der Waals surface area contributed by atoms with Gasteiger partial charge in [-0.25, -0.2) is 4.98 Å². The highest BCUT2D eigenvalue weighted by Gasteiger charge is 2.18. The average molecular weight is 417 g/mol. The summed E-state index contributed by atoms with van der Waals surface area (Å²) >= 11 is 2.92. The number of nitrogens with two attached hydrogens (primary N) is 1. The second-order valence-electron chi connectivity index (χ2n) is 6.02. The molecule has 0 bridgehead atoms. The lowest BCUT2D eigenvalue weighted by molar-refractivity contribution is -0.118. The SMILES string of the molecule is CC(=O)N(c1ccccc1)c1nc(CSc2nnc(CCC(N)=O)n2C)cs1. The number of aryl methyl sites for hydroxylation is 1. The Kier molecular flexibility index (Phi) is 6.42. The summed E-state index contributed by atoms with van der Waals surface area (Å²) in [6.45, 7) is 1.52. The molecule has 0 radical (unpaired) electrons. The number of nitrogens with zero attached hydrogens (tertiary/aromatic N) is 5. The molecule has 3 rings (SSSR count). The maximum absolute atomic E-state index is 12.1. The number of hydrogen-bond donors (Lipinski definition) is 1. The summed E-state index contributed by atoms with van der Waals surface area (Å²) in [6, 6.07) is 9.44. The van der Waals surface area contributed by atoms with Crippen LogP contribution >= 0.6 is 23.1 Å². The van der Waals surface area contributed by atoms with E-state index >= 15 is 0 Å². The molecule has 0 saturated heterocycles. The van der Waals surface area contributed by atoms with Gasteiger partial charge in [-0.05, 0) is 12.1 Å². The first-order valence-electron chi connectivity index (χ1n) is 8.55. The number of primary amides is 1. The van der Waals surface area contributed by atoms with Crippen molar-refractivity contribution >= 4 is 45.7 Å². The molecule has 28 heavy (non-hydrogen) atoms. The summed E-state index contributed by atoms with van der Waals surface area (Å²) in [5.41, 5.74) is 6.83. The van der Waals surface area contributed by atoms with Crippen molar-refractivity contribution in [2.24, 2.45) is 12.8 Å². The topological polar surface area (TPSA) is 107 Å². The lowest BCUT2D eigenvalue weighted by Crippen LogP contribution is -2.22. The van der Waals surface area contributed by atoms with E-state index in [1.807, 2.05) is 47.3 Å². The van der Waals surface area contributed by atoms with E-state index in [2.05, 4.69) is 15.2 Å². The number of aromatic nitrogens is 4. The minimum atomic E-state index is -0.361. The molecule has 2 aromatic heterocycles. The van der Waals surface area contributed by atoms with Gasteiger partial charge in [-0.1, -0.05) is 30.0 Å². The standard InChI is InChI=1S/C18H20N6O2S2/c1-12(25)24(14-6-4-3-5-7-14)17-20-13(10-27-17)11-28-18-22-21-16(23(18)2)9-8-15(19)26/h3-7,10H,8-9,11H2,1-2H3,(H2,19,26). The highest BCUT2D eigenvalue weighted by atomic mass is 32.2. The van der Waals surface area contributed by atoms with E-state index in [9.17, 15) is 9.59 Å². The van der Waals surface area contributed by atoms with Crippen molar-refractivity contribution in [2.75, 3.05) is 4.90 Å². The van der Waals surface area contributed by atoms with E-state index < -0.39 is 0 Å². The maximum Gasteiger partial charge on any atom is 0.230 e. The smallest absolute Gasteiger partial charge is 0.230 e. The van der Waals surface area contributed by atoms with Gasteiger partial charge in [0.2, 0.25) is 11.8 Å². The summed E-state index contributed by atoms with van der Waals surface area (Å²) in [5.74, 6) is 0.860. The Balaban J connectivity index is 1.68. The average Bonchev–Trinajstić information content (AvgIpc) is 3.26. The van der Waals surface area contributed by atoms with Crippen LogP contribution in [0.1, 0.15) is 24.9 Å². The number of anilines is 2. The lowest BCUT2D eigenvalue weighted by atomic mass is 10.3. The second kappa shape index (κ2) is 8.98. The lowest BCUT2D eigenvalue weighted by Gasteiger charge is -2.17. The van der Waals surface area contributed by atoms with E-state index in [1.165, 1.54) is 30.0 Å². The number of rotatable bonds is 8. The number of para-hydroxylation sites is 1. The summed E-state index contributed by atoms with van der Waals surface area (Å²) in [7, 11) is 1.86. The molecule has 0 atom stereocenters. The fourth-order valence-corrected chi connectivity index (χ4v) is 4.35. The Hall–Kier alpha value is -2.72. The Morgan fingerprint density at radius 3 is 2.68 bits per heavy atom.